The maximum absolute atomic E-state index is 12.7. The Morgan fingerprint density at radius 2 is 0.681 bits per heavy atom. The molecule has 0 fully saturated rings. The second-order valence-electron chi connectivity index (χ2n) is 21.3. The van der Waals surface area contributed by atoms with E-state index in [1.165, 1.54) is 244 Å². The van der Waals surface area contributed by atoms with E-state index < -0.39 is 26.5 Å². The van der Waals surface area contributed by atoms with Gasteiger partial charge < -0.3 is 20.1 Å². The van der Waals surface area contributed by atoms with Crippen molar-refractivity contribution in [3.05, 3.63) is 24.3 Å². The highest BCUT2D eigenvalue weighted by Crippen LogP contribution is 2.43. The maximum Gasteiger partial charge on any atom is 0.472 e. The fraction of sp³-hybridized carbons (Fsp3) is 0.903. The van der Waals surface area contributed by atoms with Gasteiger partial charge in [0, 0.05) is 19.4 Å². The van der Waals surface area contributed by atoms with Gasteiger partial charge in [-0.05, 0) is 64.2 Å². The number of hydrogen-bond acceptors (Lipinski definition) is 8. The van der Waals surface area contributed by atoms with Crippen molar-refractivity contribution in [3.8, 4) is 0 Å². The molecule has 9 nitrogen and oxygen atoms in total. The highest BCUT2D eigenvalue weighted by Gasteiger charge is 2.26. The van der Waals surface area contributed by atoms with Crippen LogP contribution < -0.4 is 5.73 Å². The monoisotopic (exact) mass is 1040 g/mol. The maximum atomic E-state index is 12.7. The van der Waals surface area contributed by atoms with E-state index in [9.17, 15) is 19.0 Å². The summed E-state index contributed by atoms with van der Waals surface area (Å²) < 4.78 is 32.9. The molecule has 72 heavy (non-hydrogen) atoms. The molecule has 2 atom stereocenters. The Bertz CT molecular complexity index is 1230. The van der Waals surface area contributed by atoms with Gasteiger partial charge >= 0.3 is 19.8 Å². The minimum Gasteiger partial charge on any atom is -0.462 e. The van der Waals surface area contributed by atoms with E-state index in [1.54, 1.807) is 0 Å². The van der Waals surface area contributed by atoms with Crippen molar-refractivity contribution in [1.29, 1.82) is 0 Å². The number of nitrogens with two attached hydrogens (primary N) is 1. The van der Waals surface area contributed by atoms with Crippen LogP contribution in [0.25, 0.3) is 0 Å². The summed E-state index contributed by atoms with van der Waals surface area (Å²) in [6.07, 6.45) is 70.1. The normalized spacial score (nSPS) is 13.1. The number of unbranched alkanes of at least 4 members (excludes halogenated alkanes) is 43. The quantitative estimate of drug-likeness (QED) is 0.0264. The molecule has 0 bridgehead atoms. The van der Waals surface area contributed by atoms with E-state index in [0.717, 1.165) is 51.4 Å². The lowest BCUT2D eigenvalue weighted by Crippen LogP contribution is -2.29. The molecule has 0 heterocycles. The minimum absolute atomic E-state index is 0.0548. The number of carbonyl (C=O) groups is 2. The summed E-state index contributed by atoms with van der Waals surface area (Å²) in [5.41, 5.74) is 5.37. The van der Waals surface area contributed by atoms with E-state index in [2.05, 4.69) is 38.2 Å². The van der Waals surface area contributed by atoms with Gasteiger partial charge in [-0.3, -0.25) is 18.6 Å². The zero-order valence-electron chi connectivity index (χ0n) is 47.7. The molecule has 0 saturated heterocycles. The van der Waals surface area contributed by atoms with Crippen molar-refractivity contribution < 1.29 is 37.6 Å². The molecule has 0 amide bonds. The first-order chi connectivity index (χ1) is 35.3. The second kappa shape index (κ2) is 58.7. The van der Waals surface area contributed by atoms with Crippen molar-refractivity contribution in [1.82, 2.24) is 0 Å². The number of carbonyl (C=O) groups excluding carboxylic acids is 2. The standard InChI is InChI=1S/C62H120NO8P/c1-3-5-7-9-11-13-15-17-18-19-20-21-22-23-24-25-26-27-28-29-30-31-32-33-34-35-36-37-38-39-40-41-42-43-45-47-49-51-53-55-62(65)71-60(59-70-72(66,67)69-57-56-63)58-68-61(64)54-52-50-48-46-44-16-14-12-10-8-6-4-2/h12,14,19-20,60H,3-11,13,15-18,21-59,63H2,1-2H3,(H,66,67)/b14-12-,20-19-. The number of hydrogen-bond donors (Lipinski definition) is 2. The summed E-state index contributed by atoms with van der Waals surface area (Å²) in [6, 6.07) is 0. The van der Waals surface area contributed by atoms with Gasteiger partial charge in [-0.2, -0.15) is 0 Å². The molecular weight excluding hydrogens is 918 g/mol. The van der Waals surface area contributed by atoms with Crippen LogP contribution in [0.5, 0.6) is 0 Å². The Kier molecular flexibility index (Phi) is 57.5. The summed E-state index contributed by atoms with van der Waals surface area (Å²) in [5, 5.41) is 0. The summed E-state index contributed by atoms with van der Waals surface area (Å²) in [6.45, 7) is 3.75. The number of phosphoric ester groups is 1. The van der Waals surface area contributed by atoms with Crippen molar-refractivity contribution in [2.45, 2.75) is 335 Å². The largest absolute Gasteiger partial charge is 0.472 e. The van der Waals surface area contributed by atoms with E-state index in [4.69, 9.17) is 24.3 Å². The summed E-state index contributed by atoms with van der Waals surface area (Å²) in [4.78, 5) is 35.1. The number of rotatable bonds is 60. The van der Waals surface area contributed by atoms with Gasteiger partial charge in [0.05, 0.1) is 13.2 Å². The van der Waals surface area contributed by atoms with Gasteiger partial charge in [-0.1, -0.05) is 276 Å². The lowest BCUT2D eigenvalue weighted by Gasteiger charge is -2.19. The summed E-state index contributed by atoms with van der Waals surface area (Å²) in [7, 11) is -4.38. The van der Waals surface area contributed by atoms with Gasteiger partial charge in [0.15, 0.2) is 6.10 Å². The van der Waals surface area contributed by atoms with Crippen molar-refractivity contribution in [2.75, 3.05) is 26.4 Å². The Morgan fingerprint density at radius 3 is 1.01 bits per heavy atom. The zero-order valence-corrected chi connectivity index (χ0v) is 48.6. The van der Waals surface area contributed by atoms with Crippen LogP contribution in [-0.2, 0) is 32.7 Å². The highest BCUT2D eigenvalue weighted by atomic mass is 31.2. The third kappa shape index (κ3) is 57.8. The highest BCUT2D eigenvalue weighted by molar-refractivity contribution is 7.47. The molecule has 426 valence electrons. The molecule has 0 aliphatic rings. The first-order valence-corrected chi connectivity index (χ1v) is 32.8. The van der Waals surface area contributed by atoms with Crippen molar-refractivity contribution in [2.24, 2.45) is 5.73 Å². The van der Waals surface area contributed by atoms with Crippen LogP contribution in [-0.4, -0.2) is 49.3 Å². The van der Waals surface area contributed by atoms with Crippen LogP contribution >= 0.6 is 7.82 Å². The summed E-state index contributed by atoms with van der Waals surface area (Å²) in [5.74, 6) is -0.824. The molecule has 2 unspecified atom stereocenters. The van der Waals surface area contributed by atoms with Gasteiger partial charge in [0.2, 0.25) is 0 Å². The summed E-state index contributed by atoms with van der Waals surface area (Å²) >= 11 is 0. The average Bonchev–Trinajstić information content (AvgIpc) is 3.37. The topological polar surface area (TPSA) is 134 Å². The molecule has 10 heteroatoms. The van der Waals surface area contributed by atoms with Crippen molar-refractivity contribution in [3.63, 3.8) is 0 Å². The molecule has 0 rings (SSSR count). The molecule has 3 N–H and O–H groups in total. The van der Waals surface area contributed by atoms with Gasteiger partial charge in [-0.15, -0.1) is 0 Å². The fourth-order valence-corrected chi connectivity index (χ4v) is 10.2. The first kappa shape index (κ1) is 70.5. The van der Waals surface area contributed by atoms with Gasteiger partial charge in [-0.25, -0.2) is 4.57 Å². The third-order valence-corrected chi connectivity index (χ3v) is 15.0. The Balaban J connectivity index is 3.70. The molecule has 0 aliphatic heterocycles. The van der Waals surface area contributed by atoms with E-state index in [0.29, 0.717) is 6.42 Å². The molecule has 0 aromatic carbocycles. The molecular formula is C62H120NO8P. The number of ether oxygens (including phenoxy) is 2. The van der Waals surface area contributed by atoms with Crippen LogP contribution in [0.3, 0.4) is 0 Å². The van der Waals surface area contributed by atoms with Gasteiger partial charge in [0.25, 0.3) is 0 Å². The zero-order chi connectivity index (χ0) is 52.4. The molecule has 0 saturated carbocycles. The van der Waals surface area contributed by atoms with E-state index in [-0.39, 0.29) is 38.6 Å². The predicted octanol–water partition coefficient (Wildman–Crippen LogP) is 19.8. The molecule has 0 radical (unpaired) electrons. The fourth-order valence-electron chi connectivity index (χ4n) is 9.39. The second-order valence-corrected chi connectivity index (χ2v) is 22.7. The Morgan fingerprint density at radius 1 is 0.403 bits per heavy atom. The first-order valence-electron chi connectivity index (χ1n) is 31.3. The van der Waals surface area contributed by atoms with E-state index in [1.807, 2.05) is 0 Å². The number of esters is 2. The number of allylic oxidation sites excluding steroid dienone is 4. The van der Waals surface area contributed by atoms with Crippen LogP contribution in [0, 0.1) is 0 Å². The molecule has 0 aliphatic carbocycles. The van der Waals surface area contributed by atoms with Crippen LogP contribution in [0.1, 0.15) is 328 Å². The van der Waals surface area contributed by atoms with E-state index >= 15 is 0 Å². The molecule has 0 aromatic heterocycles. The van der Waals surface area contributed by atoms with Crippen LogP contribution in [0.15, 0.2) is 24.3 Å². The minimum atomic E-state index is -4.38. The average molecular weight is 1040 g/mol. The lowest BCUT2D eigenvalue weighted by molar-refractivity contribution is -0.161. The van der Waals surface area contributed by atoms with Crippen LogP contribution in [0.2, 0.25) is 0 Å². The molecule has 0 spiro atoms. The van der Waals surface area contributed by atoms with Crippen LogP contribution in [0.4, 0.5) is 0 Å². The predicted molar refractivity (Wildman–Crippen MR) is 307 cm³/mol. The lowest BCUT2D eigenvalue weighted by atomic mass is 10.0. The van der Waals surface area contributed by atoms with Gasteiger partial charge in [0.1, 0.15) is 6.61 Å². The number of phosphoric acid groups is 1. The third-order valence-electron chi connectivity index (χ3n) is 14.1. The SMILES string of the molecule is CCCCC/C=C\CCCCCCCC(=O)OCC(COP(=O)(O)OCCN)OC(=O)CCCCCCCCCCCCCCCCCCCCCCCCCCCCC/C=C\CCCCCCCCCC. The van der Waals surface area contributed by atoms with Crippen molar-refractivity contribution >= 4 is 19.8 Å². The Labute approximate surface area is 446 Å². The smallest absolute Gasteiger partial charge is 0.462 e. The molecule has 0 aromatic rings. The Hall–Kier alpha value is -1.51.